The number of rotatable bonds is 2. The molecule has 3 rings (SSSR count). The van der Waals surface area contributed by atoms with Crippen molar-refractivity contribution in [3.63, 3.8) is 0 Å². The van der Waals surface area contributed by atoms with Crippen LogP contribution in [0.25, 0.3) is 10.9 Å². The van der Waals surface area contributed by atoms with Crippen LogP contribution in [0.4, 0.5) is 0 Å². The fourth-order valence-corrected chi connectivity index (χ4v) is 2.30. The van der Waals surface area contributed by atoms with Crippen molar-refractivity contribution < 1.29 is 9.52 Å². The Morgan fingerprint density at radius 1 is 1.18 bits per heavy atom. The highest BCUT2D eigenvalue weighted by Gasteiger charge is 2.17. The fraction of sp³-hybridized carbons (Fsp3) is 0.0769. The number of hydrogen-bond acceptors (Lipinski definition) is 2. The summed E-state index contributed by atoms with van der Waals surface area (Å²) in [5, 5.41) is 11.3. The second-order valence-corrected chi connectivity index (χ2v) is 4.61. The van der Waals surface area contributed by atoms with E-state index in [-0.39, 0.29) is 0 Å². The largest absolute Gasteiger partial charge is 0.451 e. The topological polar surface area (TPSA) is 49.2 Å². The van der Waals surface area contributed by atoms with Gasteiger partial charge >= 0.3 is 0 Å². The zero-order valence-corrected chi connectivity index (χ0v) is 10.4. The van der Waals surface area contributed by atoms with E-state index in [9.17, 15) is 5.11 Å². The summed E-state index contributed by atoms with van der Waals surface area (Å²) in [6, 6.07) is 11.3. The molecular weight excluding hydrogens is 282 g/mol. The predicted octanol–water partition coefficient (Wildman–Crippen LogP) is 3.61. The van der Waals surface area contributed by atoms with Gasteiger partial charge < -0.3 is 14.5 Å². The lowest BCUT2D eigenvalue weighted by molar-refractivity contribution is 0.189. The van der Waals surface area contributed by atoms with E-state index >= 15 is 0 Å². The summed E-state index contributed by atoms with van der Waals surface area (Å²) in [6.07, 6.45) is 1.11. The van der Waals surface area contributed by atoms with Gasteiger partial charge in [0.25, 0.3) is 0 Å². The van der Waals surface area contributed by atoms with E-state index in [2.05, 4.69) is 20.9 Å². The molecule has 0 bridgehead atoms. The van der Waals surface area contributed by atoms with Gasteiger partial charge in [-0.3, -0.25) is 0 Å². The average Bonchev–Trinajstić information content (AvgIpc) is 2.95. The molecule has 0 fully saturated rings. The molecule has 2 heterocycles. The van der Waals surface area contributed by atoms with E-state index in [4.69, 9.17) is 4.42 Å². The van der Waals surface area contributed by atoms with Crippen molar-refractivity contribution in [1.82, 2.24) is 4.98 Å². The van der Waals surface area contributed by atoms with E-state index < -0.39 is 6.10 Å². The molecule has 2 N–H and O–H groups in total. The van der Waals surface area contributed by atoms with Gasteiger partial charge in [-0.25, -0.2) is 0 Å². The number of aliphatic hydroxyl groups is 1. The van der Waals surface area contributed by atoms with Crippen LogP contribution in [0.1, 0.15) is 17.4 Å². The maximum atomic E-state index is 10.3. The SMILES string of the molecule is OC(c1ccc(Br)o1)c1cccc2[nH]ccc12. The predicted molar refractivity (Wildman–Crippen MR) is 68.8 cm³/mol. The molecule has 0 saturated heterocycles. The number of aliphatic hydroxyl groups excluding tert-OH is 1. The number of fused-ring (bicyclic) bond motifs is 1. The molecular formula is C13H10BrNO2. The molecule has 0 radical (unpaired) electrons. The molecule has 4 heteroatoms. The Kier molecular flexibility index (Phi) is 2.53. The number of hydrogen-bond donors (Lipinski definition) is 2. The van der Waals surface area contributed by atoms with Gasteiger partial charge in [0.2, 0.25) is 0 Å². The smallest absolute Gasteiger partial charge is 0.169 e. The normalized spacial score (nSPS) is 13.1. The lowest BCUT2D eigenvalue weighted by Gasteiger charge is -2.09. The van der Waals surface area contributed by atoms with Crippen molar-refractivity contribution in [3.05, 3.63) is 58.6 Å². The molecule has 0 aliphatic heterocycles. The van der Waals surface area contributed by atoms with Crippen molar-refractivity contribution in [3.8, 4) is 0 Å². The van der Waals surface area contributed by atoms with E-state index in [1.165, 1.54) is 0 Å². The van der Waals surface area contributed by atoms with Crippen LogP contribution in [-0.2, 0) is 0 Å². The summed E-state index contributed by atoms with van der Waals surface area (Å²) < 4.78 is 6.00. The van der Waals surface area contributed by atoms with Gasteiger partial charge in [0.1, 0.15) is 11.9 Å². The number of halogens is 1. The lowest BCUT2D eigenvalue weighted by Crippen LogP contribution is -1.98. The van der Waals surface area contributed by atoms with E-state index in [0.29, 0.717) is 10.4 Å². The molecule has 0 spiro atoms. The molecule has 0 aliphatic carbocycles. The Morgan fingerprint density at radius 2 is 2.06 bits per heavy atom. The van der Waals surface area contributed by atoms with Gasteiger partial charge in [-0.15, -0.1) is 0 Å². The quantitative estimate of drug-likeness (QED) is 0.758. The van der Waals surface area contributed by atoms with Crippen LogP contribution in [0.3, 0.4) is 0 Å². The first-order valence-electron chi connectivity index (χ1n) is 5.25. The summed E-state index contributed by atoms with van der Waals surface area (Å²) in [7, 11) is 0. The Morgan fingerprint density at radius 3 is 2.82 bits per heavy atom. The Balaban J connectivity index is 2.12. The van der Waals surface area contributed by atoms with Gasteiger partial charge in [0.05, 0.1) is 0 Å². The molecule has 1 atom stereocenters. The molecule has 1 unspecified atom stereocenters. The molecule has 17 heavy (non-hydrogen) atoms. The Bertz CT molecular complexity index is 656. The fourth-order valence-electron chi connectivity index (χ4n) is 1.98. The Hall–Kier alpha value is -1.52. The summed E-state index contributed by atoms with van der Waals surface area (Å²) in [5.41, 5.74) is 1.85. The average molecular weight is 292 g/mol. The lowest BCUT2D eigenvalue weighted by atomic mass is 10.0. The van der Waals surface area contributed by atoms with Gasteiger partial charge in [-0.1, -0.05) is 12.1 Å². The zero-order valence-electron chi connectivity index (χ0n) is 8.85. The number of H-pyrrole nitrogens is 1. The number of aromatic nitrogens is 1. The number of benzene rings is 1. The van der Waals surface area contributed by atoms with Gasteiger partial charge in [-0.2, -0.15) is 0 Å². The second-order valence-electron chi connectivity index (χ2n) is 3.83. The third-order valence-electron chi connectivity index (χ3n) is 2.79. The number of aromatic amines is 1. The van der Waals surface area contributed by atoms with Gasteiger partial charge in [0.15, 0.2) is 4.67 Å². The molecule has 2 aromatic heterocycles. The van der Waals surface area contributed by atoms with Crippen LogP contribution in [0.2, 0.25) is 0 Å². The summed E-state index contributed by atoms with van der Waals surface area (Å²) in [5.74, 6) is 0.533. The minimum absolute atomic E-state index is 0.533. The van der Waals surface area contributed by atoms with Crippen molar-refractivity contribution in [2.24, 2.45) is 0 Å². The highest BCUT2D eigenvalue weighted by Crippen LogP contribution is 2.30. The monoisotopic (exact) mass is 291 g/mol. The number of nitrogens with one attached hydrogen (secondary N) is 1. The van der Waals surface area contributed by atoms with Crippen LogP contribution >= 0.6 is 15.9 Å². The van der Waals surface area contributed by atoms with Crippen LogP contribution in [0.15, 0.2) is 51.7 Å². The Labute approximate surface area is 106 Å². The van der Waals surface area contributed by atoms with Crippen LogP contribution in [-0.4, -0.2) is 10.1 Å². The highest BCUT2D eigenvalue weighted by atomic mass is 79.9. The molecule has 0 aliphatic rings. The van der Waals surface area contributed by atoms with E-state index in [1.54, 1.807) is 12.1 Å². The molecule has 3 aromatic rings. The van der Waals surface area contributed by atoms with Crippen LogP contribution in [0, 0.1) is 0 Å². The number of furan rings is 1. The maximum absolute atomic E-state index is 10.3. The van der Waals surface area contributed by atoms with Crippen LogP contribution < -0.4 is 0 Å². The third kappa shape index (κ3) is 1.79. The minimum atomic E-state index is -0.749. The maximum Gasteiger partial charge on any atom is 0.169 e. The minimum Gasteiger partial charge on any atom is -0.451 e. The molecule has 0 amide bonds. The van der Waals surface area contributed by atoms with E-state index in [0.717, 1.165) is 16.5 Å². The van der Waals surface area contributed by atoms with Crippen molar-refractivity contribution in [2.45, 2.75) is 6.10 Å². The van der Waals surface area contributed by atoms with Crippen molar-refractivity contribution in [2.75, 3.05) is 0 Å². The zero-order chi connectivity index (χ0) is 11.8. The standard InChI is InChI=1S/C13H10BrNO2/c14-12-5-4-11(17-12)13(16)9-2-1-3-10-8(9)6-7-15-10/h1-7,13,15-16H. The molecule has 1 aromatic carbocycles. The molecule has 0 saturated carbocycles. The summed E-state index contributed by atoms with van der Waals surface area (Å²) >= 11 is 3.23. The van der Waals surface area contributed by atoms with Crippen LogP contribution in [0.5, 0.6) is 0 Å². The first kappa shape index (κ1) is 10.6. The first-order valence-corrected chi connectivity index (χ1v) is 6.04. The third-order valence-corrected chi connectivity index (χ3v) is 3.21. The second kappa shape index (κ2) is 4.05. The van der Waals surface area contributed by atoms with Crippen molar-refractivity contribution >= 4 is 26.8 Å². The highest BCUT2D eigenvalue weighted by molar-refractivity contribution is 9.10. The van der Waals surface area contributed by atoms with E-state index in [1.807, 2.05) is 30.5 Å². The first-order chi connectivity index (χ1) is 8.25. The summed E-state index contributed by atoms with van der Waals surface area (Å²) in [4.78, 5) is 3.12. The van der Waals surface area contributed by atoms with Crippen molar-refractivity contribution in [1.29, 1.82) is 0 Å². The summed E-state index contributed by atoms with van der Waals surface area (Å²) in [6.45, 7) is 0. The molecule has 86 valence electrons. The molecule has 3 nitrogen and oxygen atoms in total. The van der Waals surface area contributed by atoms with Gasteiger partial charge in [0, 0.05) is 17.1 Å². The van der Waals surface area contributed by atoms with Gasteiger partial charge in [-0.05, 0) is 45.8 Å².